The fourth-order valence-electron chi connectivity index (χ4n) is 2.35. The molecule has 4 nitrogen and oxygen atoms in total. The van der Waals surface area contributed by atoms with E-state index in [1.54, 1.807) is 18.3 Å². The lowest BCUT2D eigenvalue weighted by Gasteiger charge is -2.27. The largest absolute Gasteiger partial charge is 0.393 e. The van der Waals surface area contributed by atoms with Crippen LogP contribution in [0.5, 0.6) is 0 Å². The van der Waals surface area contributed by atoms with Crippen LogP contribution in [-0.4, -0.2) is 28.6 Å². The van der Waals surface area contributed by atoms with Crippen LogP contribution >= 0.6 is 12.2 Å². The molecule has 0 bridgehead atoms. The third-order valence-electron chi connectivity index (χ3n) is 3.46. The molecule has 0 aliphatic heterocycles. The highest BCUT2D eigenvalue weighted by molar-refractivity contribution is 7.71. The van der Waals surface area contributed by atoms with Crippen LogP contribution in [0, 0.1) is 10.6 Å². The number of carbonyl (C=O) groups excluding carboxylic acids is 1. The van der Waals surface area contributed by atoms with Crippen LogP contribution in [-0.2, 0) is 0 Å². The standard InChI is InChI=1S/C13H18N2O2S/c16-11-6-2-1-4-9(11)8-15-12(17)10-5-3-7-14-13(10)18/h3,5,7,9,11,16H,1-2,4,6,8H2,(H,14,18)(H,15,17). The van der Waals surface area contributed by atoms with Crippen LogP contribution in [0.4, 0.5) is 0 Å². The Bertz CT molecular complexity index is 472. The van der Waals surface area contributed by atoms with E-state index in [0.717, 1.165) is 25.7 Å². The number of amides is 1. The highest BCUT2D eigenvalue weighted by atomic mass is 32.1. The van der Waals surface area contributed by atoms with Crippen molar-refractivity contribution in [3.8, 4) is 0 Å². The average molecular weight is 266 g/mol. The number of nitrogens with one attached hydrogen (secondary N) is 2. The van der Waals surface area contributed by atoms with Gasteiger partial charge in [-0.15, -0.1) is 0 Å². The lowest BCUT2D eigenvalue weighted by atomic mass is 9.86. The highest BCUT2D eigenvalue weighted by Crippen LogP contribution is 2.23. The van der Waals surface area contributed by atoms with Gasteiger partial charge in [0.2, 0.25) is 0 Å². The number of rotatable bonds is 3. The highest BCUT2D eigenvalue weighted by Gasteiger charge is 2.23. The van der Waals surface area contributed by atoms with Gasteiger partial charge in [-0.05, 0) is 25.0 Å². The summed E-state index contributed by atoms with van der Waals surface area (Å²) in [5, 5.41) is 12.7. The van der Waals surface area contributed by atoms with Gasteiger partial charge in [0.25, 0.3) is 5.91 Å². The predicted octanol–water partition coefficient (Wildman–Crippen LogP) is 2.03. The van der Waals surface area contributed by atoms with Gasteiger partial charge in [0.15, 0.2) is 0 Å². The van der Waals surface area contributed by atoms with Gasteiger partial charge in [-0.3, -0.25) is 4.79 Å². The number of H-pyrrole nitrogens is 1. The summed E-state index contributed by atoms with van der Waals surface area (Å²) in [5.74, 6) is -0.00131. The van der Waals surface area contributed by atoms with E-state index < -0.39 is 0 Å². The van der Waals surface area contributed by atoms with E-state index in [4.69, 9.17) is 12.2 Å². The van der Waals surface area contributed by atoms with Crippen molar-refractivity contribution < 1.29 is 9.90 Å². The molecule has 0 aromatic carbocycles. The molecule has 2 unspecified atom stereocenters. The number of carbonyl (C=O) groups is 1. The summed E-state index contributed by atoms with van der Waals surface area (Å²) in [7, 11) is 0. The first-order valence-electron chi connectivity index (χ1n) is 6.32. The first-order chi connectivity index (χ1) is 8.68. The minimum Gasteiger partial charge on any atom is -0.393 e. The minimum atomic E-state index is -0.288. The Labute approximate surface area is 111 Å². The van der Waals surface area contributed by atoms with Gasteiger partial charge in [0.05, 0.1) is 11.7 Å². The summed E-state index contributed by atoms with van der Waals surface area (Å²) in [4.78, 5) is 14.8. The fourth-order valence-corrected chi connectivity index (χ4v) is 2.57. The van der Waals surface area contributed by atoms with E-state index in [0.29, 0.717) is 16.7 Å². The van der Waals surface area contributed by atoms with Crippen molar-refractivity contribution in [2.45, 2.75) is 31.8 Å². The fraction of sp³-hybridized carbons (Fsp3) is 0.538. The molecule has 18 heavy (non-hydrogen) atoms. The van der Waals surface area contributed by atoms with Crippen molar-refractivity contribution in [3.63, 3.8) is 0 Å². The SMILES string of the molecule is O=C(NCC1CCCCC1O)c1ccc[nH]c1=S. The van der Waals surface area contributed by atoms with Crippen molar-refractivity contribution in [1.82, 2.24) is 10.3 Å². The quantitative estimate of drug-likeness (QED) is 0.733. The molecular weight excluding hydrogens is 248 g/mol. The monoisotopic (exact) mass is 266 g/mol. The lowest BCUT2D eigenvalue weighted by molar-refractivity contribution is 0.0662. The summed E-state index contributed by atoms with van der Waals surface area (Å²) in [6, 6.07) is 3.45. The van der Waals surface area contributed by atoms with Crippen molar-refractivity contribution in [2.24, 2.45) is 5.92 Å². The minimum absolute atomic E-state index is 0.170. The van der Waals surface area contributed by atoms with Gasteiger partial charge >= 0.3 is 0 Å². The summed E-state index contributed by atoms with van der Waals surface area (Å²) < 4.78 is 0.444. The maximum absolute atomic E-state index is 11.9. The molecule has 5 heteroatoms. The third kappa shape index (κ3) is 3.17. The molecule has 3 N–H and O–H groups in total. The van der Waals surface area contributed by atoms with E-state index in [2.05, 4.69) is 10.3 Å². The molecule has 1 aliphatic rings. The Kier molecular flexibility index (Phi) is 4.49. The van der Waals surface area contributed by atoms with Gasteiger partial charge in [-0.2, -0.15) is 0 Å². The molecule has 0 spiro atoms. The smallest absolute Gasteiger partial charge is 0.254 e. The van der Waals surface area contributed by atoms with Gasteiger partial charge in [0, 0.05) is 18.7 Å². The number of aromatic nitrogens is 1. The number of hydrogen-bond acceptors (Lipinski definition) is 3. The zero-order chi connectivity index (χ0) is 13.0. The van der Waals surface area contributed by atoms with Gasteiger partial charge in [0.1, 0.15) is 4.64 Å². The molecule has 2 atom stereocenters. The molecule has 2 rings (SSSR count). The van der Waals surface area contributed by atoms with E-state index in [9.17, 15) is 9.90 Å². The van der Waals surface area contributed by atoms with Gasteiger partial charge < -0.3 is 15.4 Å². The molecule has 1 aromatic rings. The average Bonchev–Trinajstić information content (AvgIpc) is 2.38. The molecule has 1 aromatic heterocycles. The number of aromatic amines is 1. The normalized spacial score (nSPS) is 23.6. The zero-order valence-electron chi connectivity index (χ0n) is 10.2. The molecule has 0 saturated heterocycles. The van der Waals surface area contributed by atoms with Gasteiger partial charge in [-0.25, -0.2) is 0 Å². The molecule has 1 heterocycles. The first kappa shape index (κ1) is 13.2. The first-order valence-corrected chi connectivity index (χ1v) is 6.73. The molecule has 1 saturated carbocycles. The second-order valence-corrected chi connectivity index (χ2v) is 5.14. The van der Waals surface area contributed by atoms with Crippen LogP contribution in [0.1, 0.15) is 36.0 Å². The van der Waals surface area contributed by atoms with Crippen molar-refractivity contribution >= 4 is 18.1 Å². The molecular formula is C13H18N2O2S. The topological polar surface area (TPSA) is 65.1 Å². The molecule has 1 fully saturated rings. The van der Waals surface area contributed by atoms with Crippen molar-refractivity contribution in [1.29, 1.82) is 0 Å². The van der Waals surface area contributed by atoms with E-state index in [-0.39, 0.29) is 17.9 Å². The van der Waals surface area contributed by atoms with Crippen LogP contribution in [0.25, 0.3) is 0 Å². The van der Waals surface area contributed by atoms with Gasteiger partial charge in [-0.1, -0.05) is 25.1 Å². The predicted molar refractivity (Wildman–Crippen MR) is 71.9 cm³/mol. The molecule has 0 radical (unpaired) electrons. The Balaban J connectivity index is 1.92. The van der Waals surface area contributed by atoms with Crippen LogP contribution < -0.4 is 5.32 Å². The summed E-state index contributed by atoms with van der Waals surface area (Å²) in [5.41, 5.74) is 0.484. The molecule has 98 valence electrons. The zero-order valence-corrected chi connectivity index (χ0v) is 11.0. The number of hydrogen-bond donors (Lipinski definition) is 3. The summed E-state index contributed by atoms with van der Waals surface area (Å²) >= 11 is 5.06. The van der Waals surface area contributed by atoms with E-state index in [1.165, 1.54) is 0 Å². The van der Waals surface area contributed by atoms with Crippen LogP contribution in [0.3, 0.4) is 0 Å². The molecule has 1 aliphatic carbocycles. The number of pyridine rings is 1. The summed E-state index contributed by atoms with van der Waals surface area (Å²) in [6.45, 7) is 0.518. The van der Waals surface area contributed by atoms with E-state index in [1.807, 2.05) is 0 Å². The number of aliphatic hydroxyl groups is 1. The Morgan fingerprint density at radius 3 is 3.00 bits per heavy atom. The van der Waals surface area contributed by atoms with Crippen LogP contribution in [0.2, 0.25) is 0 Å². The van der Waals surface area contributed by atoms with E-state index >= 15 is 0 Å². The third-order valence-corrected chi connectivity index (χ3v) is 3.79. The summed E-state index contributed by atoms with van der Waals surface area (Å²) in [6.07, 6.45) is 5.43. The maximum Gasteiger partial charge on any atom is 0.254 e. The Morgan fingerprint density at radius 2 is 2.28 bits per heavy atom. The Hall–Kier alpha value is -1.20. The maximum atomic E-state index is 11.9. The lowest BCUT2D eigenvalue weighted by Crippen LogP contribution is -2.36. The Morgan fingerprint density at radius 1 is 1.50 bits per heavy atom. The van der Waals surface area contributed by atoms with Crippen molar-refractivity contribution in [3.05, 3.63) is 28.5 Å². The van der Waals surface area contributed by atoms with Crippen molar-refractivity contribution in [2.75, 3.05) is 6.54 Å². The second kappa shape index (κ2) is 6.11. The number of aliphatic hydroxyl groups excluding tert-OH is 1. The molecule has 1 amide bonds. The van der Waals surface area contributed by atoms with Crippen LogP contribution in [0.15, 0.2) is 18.3 Å². The second-order valence-electron chi connectivity index (χ2n) is 4.73.